The van der Waals surface area contributed by atoms with Crippen molar-refractivity contribution in [2.45, 2.75) is 43.7 Å². The molecule has 11 heteroatoms. The molecule has 1 saturated heterocycles. The van der Waals surface area contributed by atoms with Crippen LogP contribution in [0.4, 0.5) is 4.79 Å². The second kappa shape index (κ2) is 7.99. The van der Waals surface area contributed by atoms with Crippen molar-refractivity contribution in [1.29, 1.82) is 0 Å². The molecule has 2 aromatic rings. The van der Waals surface area contributed by atoms with Crippen LogP contribution in [0.15, 0.2) is 30.3 Å². The summed E-state index contributed by atoms with van der Waals surface area (Å²) in [5.74, 6) is -1.56. The van der Waals surface area contributed by atoms with Crippen LogP contribution in [0.5, 0.6) is 0 Å². The molecule has 0 aliphatic carbocycles. The number of nitrogens with zero attached hydrogens (tertiary/aromatic N) is 1. The molecule has 1 aliphatic rings. The van der Waals surface area contributed by atoms with E-state index in [1.54, 1.807) is 6.92 Å². The average molecular weight is 412 g/mol. The predicted octanol–water partition coefficient (Wildman–Crippen LogP) is 0.167. The number of aliphatic hydroxyl groups is 3. The number of fused-ring (bicyclic) bond motifs is 1. The highest BCUT2D eigenvalue weighted by Gasteiger charge is 2.49. The molecule has 0 radical (unpaired) electrons. The van der Waals surface area contributed by atoms with E-state index in [9.17, 15) is 24.9 Å². The molecule has 0 bridgehead atoms. The standard InChI is InChI=1S/C17H20N2O8S/c1-7(10-6-8-4-2-3-5-9(8)28-10)19(17(18)25)27-16-13(22)11(20)12(21)14(26-16)15(23)24/h2-7,11-14,16,20-22H,1H3,(H2,18,25)(H,23,24). The summed E-state index contributed by atoms with van der Waals surface area (Å²) in [4.78, 5) is 29.2. The van der Waals surface area contributed by atoms with E-state index < -0.39 is 48.7 Å². The van der Waals surface area contributed by atoms with Crippen LogP contribution in [-0.4, -0.2) is 68.2 Å². The SMILES string of the molecule is CC(c1cc2ccccc2s1)N(OC1OC(C(=O)O)C(O)C(O)C1O)C(N)=O. The Balaban J connectivity index is 1.83. The average Bonchev–Trinajstić information content (AvgIpc) is 3.08. The van der Waals surface area contributed by atoms with E-state index in [0.29, 0.717) is 0 Å². The summed E-state index contributed by atoms with van der Waals surface area (Å²) in [5, 5.41) is 40.5. The van der Waals surface area contributed by atoms with Gasteiger partial charge in [-0.2, -0.15) is 5.06 Å². The summed E-state index contributed by atoms with van der Waals surface area (Å²) in [6.07, 6.45) is -9.10. The Morgan fingerprint density at radius 3 is 2.50 bits per heavy atom. The normalized spacial score (nSPS) is 28.8. The molecule has 1 fully saturated rings. The van der Waals surface area contributed by atoms with E-state index in [2.05, 4.69) is 0 Å². The van der Waals surface area contributed by atoms with Crippen molar-refractivity contribution in [1.82, 2.24) is 5.06 Å². The fraction of sp³-hybridized carbons (Fsp3) is 0.412. The number of carboxylic acids is 1. The molecule has 1 aromatic heterocycles. The van der Waals surface area contributed by atoms with Crippen LogP contribution in [0.2, 0.25) is 0 Å². The van der Waals surface area contributed by atoms with Gasteiger partial charge < -0.3 is 30.9 Å². The number of carbonyl (C=O) groups excluding carboxylic acids is 1. The highest BCUT2D eigenvalue weighted by atomic mass is 32.1. The van der Waals surface area contributed by atoms with Gasteiger partial charge in [0, 0.05) is 9.58 Å². The second-order valence-electron chi connectivity index (χ2n) is 6.37. The van der Waals surface area contributed by atoms with Crippen molar-refractivity contribution >= 4 is 33.4 Å². The van der Waals surface area contributed by atoms with E-state index in [1.807, 2.05) is 30.3 Å². The van der Waals surface area contributed by atoms with Crippen LogP contribution in [0.1, 0.15) is 17.8 Å². The molecule has 6 atom stereocenters. The maximum atomic E-state index is 11.9. The van der Waals surface area contributed by atoms with Gasteiger partial charge in [-0.15, -0.1) is 11.3 Å². The predicted molar refractivity (Wildman–Crippen MR) is 97.1 cm³/mol. The van der Waals surface area contributed by atoms with Crippen molar-refractivity contribution in [3.8, 4) is 0 Å². The van der Waals surface area contributed by atoms with Crippen LogP contribution in [-0.2, 0) is 14.4 Å². The lowest BCUT2D eigenvalue weighted by Gasteiger charge is -2.40. The van der Waals surface area contributed by atoms with Crippen molar-refractivity contribution in [2.24, 2.45) is 5.73 Å². The number of carbonyl (C=O) groups is 2. The number of primary amides is 1. The Morgan fingerprint density at radius 2 is 1.89 bits per heavy atom. The number of thiophene rings is 1. The van der Waals surface area contributed by atoms with Crippen LogP contribution in [0, 0.1) is 0 Å². The van der Waals surface area contributed by atoms with Crippen molar-refractivity contribution in [3.63, 3.8) is 0 Å². The minimum atomic E-state index is -1.87. The first kappa shape index (κ1) is 20.5. The van der Waals surface area contributed by atoms with Gasteiger partial charge in [-0.05, 0) is 24.4 Å². The van der Waals surface area contributed by atoms with E-state index in [0.717, 1.165) is 20.0 Å². The molecule has 10 nitrogen and oxygen atoms in total. The number of amides is 2. The minimum Gasteiger partial charge on any atom is -0.479 e. The van der Waals surface area contributed by atoms with Crippen molar-refractivity contribution < 1.29 is 39.6 Å². The molecule has 3 rings (SSSR count). The largest absolute Gasteiger partial charge is 0.479 e. The van der Waals surface area contributed by atoms with Gasteiger partial charge in [0.05, 0.1) is 6.04 Å². The lowest BCUT2D eigenvalue weighted by Crippen LogP contribution is -2.61. The van der Waals surface area contributed by atoms with Crippen molar-refractivity contribution in [2.75, 3.05) is 0 Å². The van der Waals surface area contributed by atoms with Crippen LogP contribution < -0.4 is 5.73 Å². The number of urea groups is 1. The number of hydrogen-bond acceptors (Lipinski definition) is 8. The van der Waals surface area contributed by atoms with E-state index in [1.165, 1.54) is 11.3 Å². The Labute approximate surface area is 163 Å². The Morgan fingerprint density at radius 1 is 1.21 bits per heavy atom. The molecule has 2 amide bonds. The van der Waals surface area contributed by atoms with E-state index in [4.69, 9.17) is 20.4 Å². The molecule has 2 heterocycles. The highest BCUT2D eigenvalue weighted by Crippen LogP contribution is 2.34. The van der Waals surface area contributed by atoms with E-state index >= 15 is 0 Å². The maximum absolute atomic E-state index is 11.9. The third kappa shape index (κ3) is 3.81. The number of rotatable bonds is 5. The third-order valence-corrected chi connectivity index (χ3v) is 5.74. The maximum Gasteiger partial charge on any atom is 0.339 e. The zero-order chi connectivity index (χ0) is 20.6. The van der Waals surface area contributed by atoms with Gasteiger partial charge in [0.2, 0.25) is 6.29 Å². The van der Waals surface area contributed by atoms with Gasteiger partial charge in [0.15, 0.2) is 6.10 Å². The number of nitrogens with two attached hydrogens (primary N) is 1. The summed E-state index contributed by atoms with van der Waals surface area (Å²) >= 11 is 1.40. The van der Waals surface area contributed by atoms with Gasteiger partial charge >= 0.3 is 12.0 Å². The summed E-state index contributed by atoms with van der Waals surface area (Å²) in [7, 11) is 0. The fourth-order valence-electron chi connectivity index (χ4n) is 2.91. The quantitative estimate of drug-likeness (QED) is 0.434. The van der Waals surface area contributed by atoms with Gasteiger partial charge in [-0.1, -0.05) is 18.2 Å². The molecule has 1 aliphatic heterocycles. The Hall–Kier alpha value is -2.28. The fourth-order valence-corrected chi connectivity index (χ4v) is 4.01. The smallest absolute Gasteiger partial charge is 0.339 e. The number of hydrogen-bond donors (Lipinski definition) is 5. The molecule has 152 valence electrons. The number of hydroxylamine groups is 2. The molecule has 28 heavy (non-hydrogen) atoms. The number of aliphatic carboxylic acids is 1. The molecule has 0 saturated carbocycles. The van der Waals surface area contributed by atoms with E-state index in [-0.39, 0.29) is 0 Å². The highest BCUT2D eigenvalue weighted by molar-refractivity contribution is 7.19. The molecule has 6 unspecified atom stereocenters. The Bertz CT molecular complexity index is 841. The summed E-state index contributed by atoms with van der Waals surface area (Å²) in [5.41, 5.74) is 5.39. The minimum absolute atomic E-state index is 0.696. The first-order valence-corrected chi connectivity index (χ1v) is 9.18. The summed E-state index contributed by atoms with van der Waals surface area (Å²) in [6.45, 7) is 1.63. The van der Waals surface area contributed by atoms with Gasteiger partial charge in [0.25, 0.3) is 0 Å². The third-order valence-electron chi connectivity index (χ3n) is 4.46. The molecule has 0 spiro atoms. The second-order valence-corrected chi connectivity index (χ2v) is 7.48. The zero-order valence-corrected chi connectivity index (χ0v) is 15.5. The Kier molecular flexibility index (Phi) is 5.84. The van der Waals surface area contributed by atoms with Gasteiger partial charge in [0.1, 0.15) is 18.3 Å². The number of benzene rings is 1. The van der Waals surface area contributed by atoms with Crippen molar-refractivity contribution in [3.05, 3.63) is 35.2 Å². The van der Waals surface area contributed by atoms with Crippen LogP contribution in [0.3, 0.4) is 0 Å². The molecular weight excluding hydrogens is 392 g/mol. The van der Waals surface area contributed by atoms with Gasteiger partial charge in [-0.3, -0.25) is 0 Å². The molecule has 6 N–H and O–H groups in total. The first-order chi connectivity index (χ1) is 13.2. The molecular formula is C17H20N2O8S. The van der Waals surface area contributed by atoms with Crippen LogP contribution in [0.25, 0.3) is 10.1 Å². The number of ether oxygens (including phenoxy) is 1. The lowest BCUT2D eigenvalue weighted by atomic mass is 9.99. The monoisotopic (exact) mass is 412 g/mol. The lowest BCUT2D eigenvalue weighted by molar-refractivity contribution is -0.348. The number of carboxylic acid groups (broad SMARTS) is 1. The number of aliphatic hydroxyl groups excluding tert-OH is 3. The zero-order valence-electron chi connectivity index (χ0n) is 14.7. The van der Waals surface area contributed by atoms with Crippen LogP contribution >= 0.6 is 11.3 Å². The topological polar surface area (TPSA) is 163 Å². The van der Waals surface area contributed by atoms with Gasteiger partial charge in [-0.25, -0.2) is 14.4 Å². The first-order valence-electron chi connectivity index (χ1n) is 8.37. The summed E-state index contributed by atoms with van der Waals surface area (Å²) in [6, 6.07) is 7.71. The molecule has 1 aromatic carbocycles. The summed E-state index contributed by atoms with van der Waals surface area (Å²) < 4.78 is 6.02.